The highest BCUT2D eigenvalue weighted by atomic mass is 16.3. The molecule has 8 bridgehead atoms. The Balaban J connectivity index is 1.31. The third-order valence-corrected chi connectivity index (χ3v) is 13.6. The molecule has 4 atom stereocenters. The average molecular weight is 541 g/mol. The van der Waals surface area contributed by atoms with Crippen molar-refractivity contribution in [3.8, 4) is 11.5 Å². The number of anilines is 2. The van der Waals surface area contributed by atoms with Gasteiger partial charge in [0.25, 0.3) is 0 Å². The Morgan fingerprint density at radius 1 is 0.475 bits per heavy atom. The molecule has 4 heteroatoms. The van der Waals surface area contributed by atoms with E-state index < -0.39 is 0 Å². The summed E-state index contributed by atoms with van der Waals surface area (Å²) in [6, 6.07) is 12.3. The maximum absolute atomic E-state index is 10.3. The van der Waals surface area contributed by atoms with E-state index in [0.717, 1.165) is 0 Å². The minimum Gasteiger partial charge on any atom is -0.506 e. The monoisotopic (exact) mass is 540 g/mol. The summed E-state index contributed by atoms with van der Waals surface area (Å²) in [6.07, 6.45) is 15.6. The molecule has 214 valence electrons. The van der Waals surface area contributed by atoms with Gasteiger partial charge in [0.05, 0.1) is 11.4 Å². The van der Waals surface area contributed by atoms with E-state index in [2.05, 4.69) is 52.0 Å². The van der Waals surface area contributed by atoms with Crippen molar-refractivity contribution in [2.45, 2.75) is 116 Å². The lowest BCUT2D eigenvalue weighted by molar-refractivity contribution is -0.275. The van der Waals surface area contributed by atoms with Gasteiger partial charge in [0.2, 0.25) is 0 Å². The number of phenolic OH excluding ortho intramolecular Hbond substituents is 2. The van der Waals surface area contributed by atoms with Crippen molar-refractivity contribution in [1.29, 1.82) is 0 Å². The van der Waals surface area contributed by atoms with E-state index in [9.17, 15) is 10.2 Å². The van der Waals surface area contributed by atoms with Crippen molar-refractivity contribution < 1.29 is 10.2 Å². The molecule has 0 radical (unpaired) electrons. The predicted molar refractivity (Wildman–Crippen MR) is 161 cm³/mol. The lowest BCUT2D eigenvalue weighted by atomic mass is 9.24. The Labute approximate surface area is 239 Å². The van der Waals surface area contributed by atoms with Crippen molar-refractivity contribution in [3.63, 3.8) is 0 Å². The smallest absolute Gasteiger partial charge is 0.138 e. The van der Waals surface area contributed by atoms with Gasteiger partial charge in [0, 0.05) is 0 Å². The van der Waals surface area contributed by atoms with Crippen molar-refractivity contribution in [1.82, 2.24) is 0 Å². The summed E-state index contributed by atoms with van der Waals surface area (Å²) >= 11 is 0. The number of aromatic hydroxyl groups is 2. The van der Waals surface area contributed by atoms with Crippen molar-refractivity contribution in [2.75, 3.05) is 11.5 Å². The number of phenols is 2. The fourth-order valence-corrected chi connectivity index (χ4v) is 14.9. The fourth-order valence-electron chi connectivity index (χ4n) is 14.9. The summed E-state index contributed by atoms with van der Waals surface area (Å²) in [5.74, 6) is 0.412. The molecule has 6 N–H and O–H groups in total. The molecule has 0 spiro atoms. The summed E-state index contributed by atoms with van der Waals surface area (Å²) < 4.78 is 0. The molecular formula is C36H48N2O2. The second-order valence-electron chi connectivity index (χ2n) is 18.0. The van der Waals surface area contributed by atoms with Crippen LogP contribution in [0.5, 0.6) is 11.5 Å². The molecule has 40 heavy (non-hydrogen) atoms. The highest BCUT2D eigenvalue weighted by Gasteiger charge is 2.76. The minimum atomic E-state index is 0.126. The Bertz CT molecular complexity index is 1310. The summed E-state index contributed by atoms with van der Waals surface area (Å²) in [6.45, 7) is 10.4. The van der Waals surface area contributed by atoms with Gasteiger partial charge >= 0.3 is 0 Å². The maximum atomic E-state index is 10.3. The number of hydrogen-bond acceptors (Lipinski definition) is 4. The van der Waals surface area contributed by atoms with Crippen LogP contribution in [0.4, 0.5) is 11.4 Å². The molecule has 0 aliphatic heterocycles. The van der Waals surface area contributed by atoms with Crippen molar-refractivity contribution >= 4 is 11.4 Å². The van der Waals surface area contributed by atoms with Crippen LogP contribution in [0.25, 0.3) is 0 Å². The summed E-state index contributed by atoms with van der Waals surface area (Å²) in [5.41, 5.74) is 18.7. The zero-order valence-electron chi connectivity index (χ0n) is 25.0. The van der Waals surface area contributed by atoms with E-state index in [4.69, 9.17) is 11.5 Å². The van der Waals surface area contributed by atoms with Crippen LogP contribution in [0.2, 0.25) is 0 Å². The standard InChI is InChI=1S/C36H48N2O2/c1-29-11-30(2)14-33(13-29,23-5-7-27(39)25(37)9-23)21-35(17-29,18-30)36-19-31(3)12-32(4,20-36)16-34(15-31,22-36)24-6-8-28(40)26(38)10-24/h5-10,39-40H,11-22,37-38H2,1-4H3. The molecule has 0 aromatic heterocycles. The van der Waals surface area contributed by atoms with E-state index in [1.807, 2.05) is 12.1 Å². The summed E-state index contributed by atoms with van der Waals surface area (Å²) in [4.78, 5) is 0. The molecule has 8 aliphatic rings. The van der Waals surface area contributed by atoms with E-state index in [-0.39, 0.29) is 22.3 Å². The van der Waals surface area contributed by atoms with Gasteiger partial charge in [-0.05, 0) is 156 Å². The molecule has 0 amide bonds. The van der Waals surface area contributed by atoms with Crippen LogP contribution >= 0.6 is 0 Å². The Hall–Kier alpha value is -2.36. The van der Waals surface area contributed by atoms with Crippen LogP contribution in [0.3, 0.4) is 0 Å². The van der Waals surface area contributed by atoms with Crippen LogP contribution in [0, 0.1) is 32.5 Å². The van der Waals surface area contributed by atoms with Crippen LogP contribution < -0.4 is 11.5 Å². The van der Waals surface area contributed by atoms with Gasteiger partial charge < -0.3 is 21.7 Å². The van der Waals surface area contributed by atoms with Gasteiger partial charge in [-0.25, -0.2) is 0 Å². The van der Waals surface area contributed by atoms with E-state index in [0.29, 0.717) is 43.9 Å². The van der Waals surface area contributed by atoms with Gasteiger partial charge in [-0.3, -0.25) is 0 Å². The topological polar surface area (TPSA) is 92.5 Å². The first-order valence-corrected chi connectivity index (χ1v) is 15.7. The summed E-state index contributed by atoms with van der Waals surface area (Å²) in [7, 11) is 0. The first-order chi connectivity index (χ1) is 18.6. The lowest BCUT2D eigenvalue weighted by Gasteiger charge is -2.80. The molecular weight excluding hydrogens is 492 g/mol. The molecule has 8 fully saturated rings. The van der Waals surface area contributed by atoms with Crippen molar-refractivity contribution in [2.24, 2.45) is 32.5 Å². The molecule has 4 unspecified atom stereocenters. The largest absolute Gasteiger partial charge is 0.506 e. The molecule has 10 rings (SSSR count). The zero-order valence-corrected chi connectivity index (χ0v) is 25.0. The molecule has 0 heterocycles. The van der Waals surface area contributed by atoms with Crippen molar-refractivity contribution in [3.05, 3.63) is 47.5 Å². The van der Waals surface area contributed by atoms with E-state index in [1.165, 1.54) is 88.2 Å². The SMILES string of the molecule is CC12CC3(C)CC(c4ccc(O)c(N)c4)(C1)CC(C14CC5(C)CC(C)(CC(c6ccc(O)c(N)c6)(C5)C1)C4)(C2)C3. The number of nitrogen functional groups attached to an aromatic ring is 2. The van der Waals surface area contributed by atoms with E-state index >= 15 is 0 Å². The average Bonchev–Trinajstić information content (AvgIpc) is 2.78. The highest BCUT2D eigenvalue weighted by Crippen LogP contribution is 2.85. The van der Waals surface area contributed by atoms with Gasteiger partial charge in [-0.1, -0.05) is 39.8 Å². The quantitative estimate of drug-likeness (QED) is 0.233. The second-order valence-corrected chi connectivity index (χ2v) is 18.0. The van der Waals surface area contributed by atoms with Crippen LogP contribution in [-0.4, -0.2) is 10.2 Å². The van der Waals surface area contributed by atoms with Crippen LogP contribution in [0.1, 0.15) is 116 Å². The van der Waals surface area contributed by atoms with Crippen LogP contribution in [-0.2, 0) is 10.8 Å². The Morgan fingerprint density at radius 2 is 0.800 bits per heavy atom. The van der Waals surface area contributed by atoms with Gasteiger partial charge in [0.1, 0.15) is 11.5 Å². The Morgan fingerprint density at radius 3 is 1.10 bits per heavy atom. The number of nitrogens with two attached hydrogens (primary N) is 2. The third kappa shape index (κ3) is 3.14. The normalized spacial score (nSPS) is 50.0. The first-order valence-electron chi connectivity index (χ1n) is 15.7. The lowest BCUT2D eigenvalue weighted by Crippen LogP contribution is -2.71. The summed E-state index contributed by atoms with van der Waals surface area (Å²) in [5, 5.41) is 20.6. The maximum Gasteiger partial charge on any atom is 0.138 e. The Kier molecular flexibility index (Phi) is 4.43. The van der Waals surface area contributed by atoms with Crippen LogP contribution in [0.15, 0.2) is 36.4 Å². The number of hydrogen-bond donors (Lipinski definition) is 4. The molecule has 2 aromatic carbocycles. The molecule has 0 saturated heterocycles. The van der Waals surface area contributed by atoms with Gasteiger partial charge in [0.15, 0.2) is 0 Å². The molecule has 4 nitrogen and oxygen atoms in total. The van der Waals surface area contributed by atoms with E-state index in [1.54, 1.807) is 0 Å². The second kappa shape index (κ2) is 6.98. The predicted octanol–water partition coefficient (Wildman–Crippen LogP) is 8.20. The van der Waals surface area contributed by atoms with Gasteiger partial charge in [-0.15, -0.1) is 0 Å². The molecule has 2 aromatic rings. The first kappa shape index (κ1) is 25.4. The third-order valence-electron chi connectivity index (χ3n) is 13.6. The molecule has 8 saturated carbocycles. The number of benzene rings is 2. The number of rotatable bonds is 3. The minimum absolute atomic E-state index is 0.126. The zero-order chi connectivity index (χ0) is 28.2. The molecule has 8 aliphatic carbocycles. The fraction of sp³-hybridized carbons (Fsp3) is 0.667. The highest BCUT2D eigenvalue weighted by molar-refractivity contribution is 5.56. The van der Waals surface area contributed by atoms with Gasteiger partial charge in [-0.2, -0.15) is 0 Å².